The molecule has 0 radical (unpaired) electrons. The number of nitrogens with one attached hydrogen (secondary N) is 1. The first-order valence-corrected chi connectivity index (χ1v) is 7.82. The Morgan fingerprint density at radius 1 is 1.29 bits per heavy atom. The number of amides is 1. The molecule has 1 aliphatic rings. The number of aliphatic carboxylic acids is 1. The Morgan fingerprint density at radius 2 is 1.95 bits per heavy atom. The number of piperidine rings is 1. The van der Waals surface area contributed by atoms with Crippen LogP contribution in [0.4, 0.5) is 0 Å². The largest absolute Gasteiger partial charge is 0.481 e. The number of hydrogen-bond donors (Lipinski definition) is 2. The van der Waals surface area contributed by atoms with Crippen molar-refractivity contribution in [1.29, 1.82) is 0 Å². The lowest BCUT2D eigenvalue weighted by Gasteiger charge is -2.30. The van der Waals surface area contributed by atoms with Crippen molar-refractivity contribution in [1.82, 2.24) is 10.2 Å². The Morgan fingerprint density at radius 3 is 2.57 bits per heavy atom. The second-order valence-corrected chi connectivity index (χ2v) is 6.04. The number of hydrogen-bond acceptors (Lipinski definition) is 3. The summed E-state index contributed by atoms with van der Waals surface area (Å²) >= 11 is 3.47. The van der Waals surface area contributed by atoms with Gasteiger partial charge in [0.05, 0.1) is 12.5 Å². The number of rotatable bonds is 5. The second-order valence-electron chi connectivity index (χ2n) is 5.19. The molecule has 0 spiro atoms. The maximum Gasteiger partial charge on any atom is 0.306 e. The lowest BCUT2D eigenvalue weighted by atomic mass is 9.97. The summed E-state index contributed by atoms with van der Waals surface area (Å²) in [5.74, 6) is -1.03. The number of carboxylic acid groups (broad SMARTS) is 1. The number of benzene rings is 1. The maximum absolute atomic E-state index is 12.1. The molecule has 21 heavy (non-hydrogen) atoms. The monoisotopic (exact) mass is 354 g/mol. The molecule has 114 valence electrons. The number of halogens is 1. The molecule has 2 rings (SSSR count). The van der Waals surface area contributed by atoms with Gasteiger partial charge in [-0.1, -0.05) is 34.1 Å². The Bertz CT molecular complexity index is 513. The minimum atomic E-state index is -0.755. The zero-order chi connectivity index (χ0) is 15.2. The quantitative estimate of drug-likeness (QED) is 0.846. The van der Waals surface area contributed by atoms with Crippen LogP contribution < -0.4 is 5.32 Å². The fraction of sp³-hybridized carbons (Fsp3) is 0.467. The molecular weight excluding hydrogens is 336 g/mol. The summed E-state index contributed by atoms with van der Waals surface area (Å²) in [5.41, 5.74) is 1.11. The van der Waals surface area contributed by atoms with Crippen LogP contribution in [0.25, 0.3) is 0 Å². The number of carboxylic acids is 1. The highest BCUT2D eigenvalue weighted by Gasteiger charge is 2.26. The molecule has 1 aromatic rings. The molecule has 2 N–H and O–H groups in total. The lowest BCUT2D eigenvalue weighted by molar-refractivity contribution is -0.145. The third-order valence-electron chi connectivity index (χ3n) is 3.75. The molecule has 1 aromatic carbocycles. The molecule has 0 bridgehead atoms. The summed E-state index contributed by atoms with van der Waals surface area (Å²) in [4.78, 5) is 24.7. The first-order chi connectivity index (χ1) is 10.1. The van der Waals surface area contributed by atoms with E-state index in [-0.39, 0.29) is 18.4 Å². The van der Waals surface area contributed by atoms with Crippen molar-refractivity contribution >= 4 is 27.8 Å². The first-order valence-electron chi connectivity index (χ1n) is 7.02. The lowest BCUT2D eigenvalue weighted by Crippen LogP contribution is -2.44. The van der Waals surface area contributed by atoms with Crippen molar-refractivity contribution in [2.45, 2.75) is 19.4 Å². The molecule has 0 aromatic heterocycles. The predicted octanol–water partition coefficient (Wildman–Crippen LogP) is 1.86. The third-order valence-corrected chi connectivity index (χ3v) is 4.52. The average Bonchev–Trinajstić information content (AvgIpc) is 2.49. The van der Waals surface area contributed by atoms with Gasteiger partial charge in [-0.25, -0.2) is 0 Å². The van der Waals surface area contributed by atoms with Gasteiger partial charge < -0.3 is 15.3 Å². The van der Waals surface area contributed by atoms with Gasteiger partial charge >= 0.3 is 5.97 Å². The minimum Gasteiger partial charge on any atom is -0.481 e. The van der Waals surface area contributed by atoms with Crippen LogP contribution in [0, 0.1) is 5.92 Å². The predicted molar refractivity (Wildman–Crippen MR) is 82.8 cm³/mol. The summed E-state index contributed by atoms with van der Waals surface area (Å²) in [7, 11) is 0. The van der Waals surface area contributed by atoms with Crippen molar-refractivity contribution in [3.63, 3.8) is 0 Å². The van der Waals surface area contributed by atoms with Crippen LogP contribution in [0.2, 0.25) is 0 Å². The standard InChI is InChI=1S/C15H19BrN2O3/c16-13-4-2-1-3-12(13)9-17-10-14(19)18-7-5-11(6-8-18)15(20)21/h1-4,11,17H,5-10H2,(H,20,21). The molecule has 0 atom stereocenters. The van der Waals surface area contributed by atoms with E-state index in [1.165, 1.54) is 0 Å². The van der Waals surface area contributed by atoms with Crippen molar-refractivity contribution in [2.24, 2.45) is 5.92 Å². The van der Waals surface area contributed by atoms with Crippen LogP contribution in [-0.2, 0) is 16.1 Å². The van der Waals surface area contributed by atoms with Crippen LogP contribution in [-0.4, -0.2) is 41.5 Å². The van der Waals surface area contributed by atoms with Gasteiger partial charge in [-0.05, 0) is 24.5 Å². The van der Waals surface area contributed by atoms with Crippen LogP contribution in [0.15, 0.2) is 28.7 Å². The van der Waals surface area contributed by atoms with Crippen LogP contribution in [0.3, 0.4) is 0 Å². The Balaban J connectivity index is 1.73. The van der Waals surface area contributed by atoms with E-state index in [4.69, 9.17) is 5.11 Å². The highest BCUT2D eigenvalue weighted by molar-refractivity contribution is 9.10. The van der Waals surface area contributed by atoms with Gasteiger partial charge in [0.2, 0.25) is 5.91 Å². The molecule has 0 saturated carbocycles. The molecule has 1 fully saturated rings. The SMILES string of the molecule is O=C(O)C1CCN(C(=O)CNCc2ccccc2Br)CC1. The van der Waals surface area contributed by atoms with Crippen LogP contribution >= 0.6 is 15.9 Å². The van der Waals surface area contributed by atoms with E-state index in [0.29, 0.717) is 32.5 Å². The fourth-order valence-corrected chi connectivity index (χ4v) is 2.86. The van der Waals surface area contributed by atoms with Gasteiger partial charge in [0.1, 0.15) is 0 Å². The molecule has 0 aliphatic carbocycles. The smallest absolute Gasteiger partial charge is 0.306 e. The second kappa shape index (κ2) is 7.56. The number of nitrogens with zero attached hydrogens (tertiary/aromatic N) is 1. The van der Waals surface area contributed by atoms with Crippen LogP contribution in [0.1, 0.15) is 18.4 Å². The zero-order valence-corrected chi connectivity index (χ0v) is 13.3. The van der Waals surface area contributed by atoms with Crippen molar-refractivity contribution in [3.8, 4) is 0 Å². The van der Waals surface area contributed by atoms with E-state index in [1.54, 1.807) is 4.90 Å². The van der Waals surface area contributed by atoms with Crippen LogP contribution in [0.5, 0.6) is 0 Å². The van der Waals surface area contributed by atoms with E-state index in [1.807, 2.05) is 24.3 Å². The Hall–Kier alpha value is -1.40. The summed E-state index contributed by atoms with van der Waals surface area (Å²) < 4.78 is 1.02. The highest BCUT2D eigenvalue weighted by Crippen LogP contribution is 2.17. The zero-order valence-electron chi connectivity index (χ0n) is 11.7. The van der Waals surface area contributed by atoms with Gasteiger partial charge in [0.25, 0.3) is 0 Å². The summed E-state index contributed by atoms with van der Waals surface area (Å²) in [6.07, 6.45) is 1.09. The average molecular weight is 355 g/mol. The minimum absolute atomic E-state index is 0.0332. The molecule has 1 heterocycles. The van der Waals surface area contributed by atoms with Gasteiger partial charge in [0, 0.05) is 24.1 Å². The topological polar surface area (TPSA) is 69.6 Å². The van der Waals surface area contributed by atoms with Crippen molar-refractivity contribution < 1.29 is 14.7 Å². The summed E-state index contributed by atoms with van der Waals surface area (Å²) in [6, 6.07) is 7.88. The maximum atomic E-state index is 12.1. The number of likely N-dealkylation sites (tertiary alicyclic amines) is 1. The van der Waals surface area contributed by atoms with E-state index in [2.05, 4.69) is 21.2 Å². The summed E-state index contributed by atoms with van der Waals surface area (Å²) in [6.45, 7) is 1.97. The van der Waals surface area contributed by atoms with Gasteiger partial charge in [-0.15, -0.1) is 0 Å². The van der Waals surface area contributed by atoms with E-state index in [9.17, 15) is 9.59 Å². The van der Waals surface area contributed by atoms with Gasteiger partial charge in [-0.3, -0.25) is 9.59 Å². The normalized spacial score (nSPS) is 16.0. The van der Waals surface area contributed by atoms with E-state index in [0.717, 1.165) is 10.0 Å². The molecule has 1 saturated heterocycles. The summed E-state index contributed by atoms with van der Waals surface area (Å²) in [5, 5.41) is 12.1. The van der Waals surface area contributed by atoms with Crippen molar-refractivity contribution in [3.05, 3.63) is 34.3 Å². The van der Waals surface area contributed by atoms with Gasteiger partial charge in [-0.2, -0.15) is 0 Å². The molecule has 0 unspecified atom stereocenters. The van der Waals surface area contributed by atoms with Gasteiger partial charge in [0.15, 0.2) is 0 Å². The molecular formula is C15H19BrN2O3. The van der Waals surface area contributed by atoms with E-state index < -0.39 is 5.97 Å². The third kappa shape index (κ3) is 4.54. The molecule has 1 aliphatic heterocycles. The Kier molecular flexibility index (Phi) is 5.76. The molecule has 5 nitrogen and oxygen atoms in total. The number of carbonyl (C=O) groups is 2. The number of carbonyl (C=O) groups excluding carboxylic acids is 1. The van der Waals surface area contributed by atoms with Crippen molar-refractivity contribution in [2.75, 3.05) is 19.6 Å². The molecule has 1 amide bonds. The first kappa shape index (κ1) is 16.0. The fourth-order valence-electron chi connectivity index (χ4n) is 2.43. The van der Waals surface area contributed by atoms with E-state index >= 15 is 0 Å². The highest BCUT2D eigenvalue weighted by atomic mass is 79.9. The molecule has 6 heteroatoms. The Labute approximate surface area is 132 Å².